The first-order chi connectivity index (χ1) is 8.79. The molecule has 0 saturated carbocycles. The van der Waals surface area contributed by atoms with Gasteiger partial charge in [0, 0.05) is 6.42 Å². The van der Waals surface area contributed by atoms with Crippen molar-refractivity contribution in [3.63, 3.8) is 0 Å². The summed E-state index contributed by atoms with van der Waals surface area (Å²) in [6, 6.07) is 9.67. The maximum absolute atomic E-state index is 11.8. The van der Waals surface area contributed by atoms with Gasteiger partial charge in [0.15, 0.2) is 5.16 Å². The number of benzene rings is 1. The Labute approximate surface area is 109 Å². The molecule has 4 nitrogen and oxygen atoms in total. The van der Waals surface area contributed by atoms with Gasteiger partial charge in [-0.05, 0) is 5.56 Å². The van der Waals surface area contributed by atoms with Gasteiger partial charge < -0.3 is 0 Å². The van der Waals surface area contributed by atoms with Crippen molar-refractivity contribution in [3.05, 3.63) is 51.9 Å². The largest absolute Gasteiger partial charge is 0.298 e. The van der Waals surface area contributed by atoms with Crippen LogP contribution in [0.5, 0.6) is 0 Å². The predicted octanol–water partition coefficient (Wildman–Crippen LogP) is 1.48. The van der Waals surface area contributed by atoms with E-state index >= 15 is 0 Å². The molecular weight excluding hydrogens is 246 g/mol. The first kappa shape index (κ1) is 12.4. The van der Waals surface area contributed by atoms with Crippen molar-refractivity contribution < 1.29 is 0 Å². The van der Waals surface area contributed by atoms with Gasteiger partial charge in [-0.1, -0.05) is 48.0 Å². The second-order valence-corrected chi connectivity index (χ2v) is 4.53. The van der Waals surface area contributed by atoms with E-state index in [9.17, 15) is 4.79 Å². The molecule has 2 rings (SSSR count). The number of aromatic amines is 1. The molecule has 0 spiro atoms. The zero-order chi connectivity index (χ0) is 12.8. The van der Waals surface area contributed by atoms with Crippen LogP contribution >= 0.6 is 11.8 Å². The van der Waals surface area contributed by atoms with Crippen molar-refractivity contribution in [2.75, 3.05) is 5.75 Å². The Bertz CT molecular complexity index is 616. The molecule has 0 aliphatic carbocycles. The quantitative estimate of drug-likeness (QED) is 0.666. The molecule has 90 valence electrons. The average Bonchev–Trinajstić information content (AvgIpc) is 2.40. The average molecular weight is 257 g/mol. The fraction of sp³-hybridized carbons (Fsp3) is 0.154. The molecule has 0 aliphatic rings. The summed E-state index contributed by atoms with van der Waals surface area (Å²) in [7, 11) is 0. The Hall–Kier alpha value is -2.06. The smallest absolute Gasteiger partial charge is 0.273 e. The van der Waals surface area contributed by atoms with Gasteiger partial charge in [-0.25, -0.2) is 0 Å². The lowest BCUT2D eigenvalue weighted by molar-refractivity contribution is 0.773. The van der Waals surface area contributed by atoms with Gasteiger partial charge in [-0.15, -0.1) is 16.6 Å². The summed E-state index contributed by atoms with van der Waals surface area (Å²) in [6.45, 7) is 0. The molecule has 0 saturated heterocycles. The number of aromatic nitrogens is 3. The normalized spacial score (nSPS) is 9.94. The lowest BCUT2D eigenvalue weighted by atomic mass is 10.1. The van der Waals surface area contributed by atoms with Crippen LogP contribution in [0.1, 0.15) is 11.3 Å². The van der Waals surface area contributed by atoms with Crippen LogP contribution in [0.2, 0.25) is 0 Å². The Balaban J connectivity index is 2.16. The van der Waals surface area contributed by atoms with Crippen molar-refractivity contribution in [1.82, 2.24) is 15.2 Å². The van der Waals surface area contributed by atoms with Gasteiger partial charge in [0.1, 0.15) is 5.69 Å². The highest BCUT2D eigenvalue weighted by Gasteiger charge is 2.05. The molecule has 1 N–H and O–H groups in total. The number of thioether (sulfide) groups is 1. The maximum Gasteiger partial charge on any atom is 0.273 e. The standard InChI is InChI=1S/C13H11N3OS/c1-2-8-18-13-14-12(17)11(15-16-13)9-10-6-4-3-5-7-10/h1,3-7H,8-9H2,(H,14,16,17). The molecule has 1 aromatic carbocycles. The molecule has 0 bridgehead atoms. The van der Waals surface area contributed by atoms with Crippen molar-refractivity contribution in [3.8, 4) is 12.3 Å². The van der Waals surface area contributed by atoms with E-state index in [4.69, 9.17) is 6.42 Å². The maximum atomic E-state index is 11.8. The van der Waals surface area contributed by atoms with Gasteiger partial charge >= 0.3 is 0 Å². The second-order valence-electron chi connectivity index (χ2n) is 3.56. The van der Waals surface area contributed by atoms with Gasteiger partial charge in [0.25, 0.3) is 5.56 Å². The number of nitrogens with one attached hydrogen (secondary N) is 1. The second kappa shape index (κ2) is 6.03. The number of hydrogen-bond donors (Lipinski definition) is 1. The van der Waals surface area contributed by atoms with Crippen LogP contribution in [0.15, 0.2) is 40.3 Å². The Morgan fingerprint density at radius 2 is 2.06 bits per heavy atom. The van der Waals surface area contributed by atoms with E-state index in [1.54, 1.807) is 0 Å². The fourth-order valence-electron chi connectivity index (χ4n) is 1.43. The topological polar surface area (TPSA) is 58.6 Å². The molecule has 0 unspecified atom stereocenters. The Kier molecular flexibility index (Phi) is 4.15. The highest BCUT2D eigenvalue weighted by molar-refractivity contribution is 7.99. The Morgan fingerprint density at radius 1 is 1.28 bits per heavy atom. The molecule has 5 heteroatoms. The molecule has 0 amide bonds. The SMILES string of the molecule is C#CCSc1nnc(Cc2ccccc2)c(=O)[nH]1. The summed E-state index contributed by atoms with van der Waals surface area (Å²) in [5, 5.41) is 8.33. The summed E-state index contributed by atoms with van der Waals surface area (Å²) < 4.78 is 0. The summed E-state index contributed by atoms with van der Waals surface area (Å²) in [5.41, 5.74) is 1.22. The minimum absolute atomic E-state index is 0.214. The monoisotopic (exact) mass is 257 g/mol. The first-order valence-electron chi connectivity index (χ1n) is 5.35. The molecular formula is C13H11N3OS. The van der Waals surface area contributed by atoms with E-state index in [0.29, 0.717) is 23.0 Å². The molecule has 18 heavy (non-hydrogen) atoms. The van der Waals surface area contributed by atoms with E-state index in [1.807, 2.05) is 30.3 Å². The zero-order valence-electron chi connectivity index (χ0n) is 9.59. The van der Waals surface area contributed by atoms with Crippen LogP contribution in [0.25, 0.3) is 0 Å². The van der Waals surface area contributed by atoms with Crippen molar-refractivity contribution in [2.24, 2.45) is 0 Å². The summed E-state index contributed by atoms with van der Waals surface area (Å²) in [6.07, 6.45) is 5.61. The lowest BCUT2D eigenvalue weighted by Gasteiger charge is -2.00. The third-order valence-electron chi connectivity index (χ3n) is 2.25. The van der Waals surface area contributed by atoms with Gasteiger partial charge in [-0.3, -0.25) is 9.78 Å². The van der Waals surface area contributed by atoms with Gasteiger partial charge in [0.05, 0.1) is 5.75 Å². The summed E-state index contributed by atoms with van der Waals surface area (Å²) >= 11 is 1.28. The number of nitrogens with zero attached hydrogens (tertiary/aromatic N) is 2. The van der Waals surface area contributed by atoms with Crippen LogP contribution in [0.3, 0.4) is 0 Å². The fourth-order valence-corrected chi connectivity index (χ4v) is 1.91. The van der Waals surface area contributed by atoms with Crippen LogP contribution < -0.4 is 5.56 Å². The minimum Gasteiger partial charge on any atom is -0.298 e. The third kappa shape index (κ3) is 3.22. The van der Waals surface area contributed by atoms with Gasteiger partial charge in [-0.2, -0.15) is 0 Å². The Morgan fingerprint density at radius 3 is 2.72 bits per heavy atom. The number of terminal acetylenes is 1. The molecule has 0 radical (unpaired) electrons. The third-order valence-corrected chi connectivity index (χ3v) is 3.02. The highest BCUT2D eigenvalue weighted by atomic mass is 32.2. The summed E-state index contributed by atoms with van der Waals surface area (Å²) in [4.78, 5) is 14.5. The minimum atomic E-state index is -0.214. The van der Waals surface area contributed by atoms with Crippen molar-refractivity contribution in [2.45, 2.75) is 11.6 Å². The number of rotatable bonds is 4. The summed E-state index contributed by atoms with van der Waals surface area (Å²) in [5.74, 6) is 2.92. The van der Waals surface area contributed by atoms with E-state index < -0.39 is 0 Å². The van der Waals surface area contributed by atoms with E-state index in [-0.39, 0.29) is 5.56 Å². The van der Waals surface area contributed by atoms with Crippen LogP contribution in [-0.2, 0) is 6.42 Å². The zero-order valence-corrected chi connectivity index (χ0v) is 10.4. The molecule has 0 aliphatic heterocycles. The van der Waals surface area contributed by atoms with Crippen molar-refractivity contribution >= 4 is 11.8 Å². The van der Waals surface area contributed by atoms with E-state index in [0.717, 1.165) is 5.56 Å². The first-order valence-corrected chi connectivity index (χ1v) is 6.34. The number of H-pyrrole nitrogens is 1. The lowest BCUT2D eigenvalue weighted by Crippen LogP contribution is -2.17. The van der Waals surface area contributed by atoms with Crippen LogP contribution in [0.4, 0.5) is 0 Å². The van der Waals surface area contributed by atoms with Gasteiger partial charge in [0.2, 0.25) is 0 Å². The van der Waals surface area contributed by atoms with E-state index in [2.05, 4.69) is 21.1 Å². The molecule has 0 atom stereocenters. The van der Waals surface area contributed by atoms with Crippen molar-refractivity contribution in [1.29, 1.82) is 0 Å². The molecule has 2 aromatic rings. The molecule has 1 aromatic heterocycles. The van der Waals surface area contributed by atoms with E-state index in [1.165, 1.54) is 11.8 Å². The number of hydrogen-bond acceptors (Lipinski definition) is 4. The van der Waals surface area contributed by atoms with Crippen LogP contribution in [-0.4, -0.2) is 20.9 Å². The highest BCUT2D eigenvalue weighted by Crippen LogP contribution is 2.09. The molecule has 0 fully saturated rings. The van der Waals surface area contributed by atoms with Crippen LogP contribution in [0, 0.1) is 12.3 Å². The molecule has 1 heterocycles. The predicted molar refractivity (Wildman–Crippen MR) is 71.5 cm³/mol.